The zero-order valence-corrected chi connectivity index (χ0v) is 12.5. The molecule has 0 bridgehead atoms. The van der Waals surface area contributed by atoms with Crippen LogP contribution in [0.15, 0.2) is 35.8 Å². The number of hydrogen-bond acceptors (Lipinski definition) is 5. The van der Waals surface area contributed by atoms with E-state index in [0.717, 1.165) is 5.56 Å². The molecule has 22 heavy (non-hydrogen) atoms. The van der Waals surface area contributed by atoms with E-state index in [1.54, 1.807) is 24.5 Å². The van der Waals surface area contributed by atoms with Gasteiger partial charge in [-0.15, -0.1) is 11.8 Å². The maximum Gasteiger partial charge on any atom is 0.352 e. The fourth-order valence-electron chi connectivity index (χ4n) is 2.62. The summed E-state index contributed by atoms with van der Waals surface area (Å²) in [6.07, 6.45) is 3.55. The first kappa shape index (κ1) is 15.0. The highest BCUT2D eigenvalue weighted by atomic mass is 32.2. The van der Waals surface area contributed by atoms with E-state index < -0.39 is 12.0 Å². The van der Waals surface area contributed by atoms with Crippen molar-refractivity contribution >= 4 is 23.6 Å². The summed E-state index contributed by atoms with van der Waals surface area (Å²) in [7, 11) is 0. The lowest BCUT2D eigenvalue weighted by atomic mass is 10.0. The number of carbonyl (C=O) groups is 2. The van der Waals surface area contributed by atoms with E-state index in [2.05, 4.69) is 0 Å². The Hall–Kier alpha value is -1.90. The van der Waals surface area contributed by atoms with Gasteiger partial charge in [0.25, 0.3) is 0 Å². The highest BCUT2D eigenvalue weighted by Gasteiger charge is 2.52. The van der Waals surface area contributed by atoms with Gasteiger partial charge in [-0.2, -0.15) is 0 Å². The van der Waals surface area contributed by atoms with Gasteiger partial charge in [-0.3, -0.25) is 9.69 Å². The topological polar surface area (TPSA) is 108 Å². The van der Waals surface area contributed by atoms with Crippen molar-refractivity contribution in [2.75, 3.05) is 5.75 Å². The van der Waals surface area contributed by atoms with Crippen molar-refractivity contribution in [2.45, 2.75) is 24.6 Å². The summed E-state index contributed by atoms with van der Waals surface area (Å²) in [4.78, 5) is 24.7. The Kier molecular flexibility index (Phi) is 3.90. The van der Waals surface area contributed by atoms with Crippen molar-refractivity contribution in [3.8, 4) is 0 Å². The number of carboxylic acids is 1. The van der Waals surface area contributed by atoms with Gasteiger partial charge in [0.05, 0.1) is 6.61 Å². The molecular weight excluding hydrogens is 306 g/mol. The van der Waals surface area contributed by atoms with Crippen LogP contribution in [0, 0.1) is 0 Å². The lowest BCUT2D eigenvalue weighted by molar-refractivity contribution is -0.689. The lowest BCUT2D eigenvalue weighted by Crippen LogP contribution is -2.68. The van der Waals surface area contributed by atoms with Gasteiger partial charge in [-0.25, -0.2) is 9.36 Å². The van der Waals surface area contributed by atoms with Gasteiger partial charge in [0.1, 0.15) is 17.1 Å². The zero-order valence-electron chi connectivity index (χ0n) is 11.7. The van der Waals surface area contributed by atoms with Gasteiger partial charge in [0.15, 0.2) is 18.9 Å². The van der Waals surface area contributed by atoms with Gasteiger partial charge in [-0.1, -0.05) is 0 Å². The minimum absolute atomic E-state index is 0.0401. The molecule has 2 atom stereocenters. The molecular formula is C14H16N3O4S+. The van der Waals surface area contributed by atoms with Crippen molar-refractivity contribution in [1.82, 2.24) is 4.90 Å². The molecule has 1 fully saturated rings. The van der Waals surface area contributed by atoms with Crippen molar-refractivity contribution in [2.24, 2.45) is 5.73 Å². The molecule has 7 nitrogen and oxygen atoms in total. The Morgan fingerprint density at radius 2 is 2.14 bits per heavy atom. The average Bonchev–Trinajstić information content (AvgIpc) is 2.54. The van der Waals surface area contributed by atoms with E-state index >= 15 is 0 Å². The van der Waals surface area contributed by atoms with Crippen LogP contribution in [0.2, 0.25) is 0 Å². The van der Waals surface area contributed by atoms with Crippen LogP contribution in [0.25, 0.3) is 0 Å². The van der Waals surface area contributed by atoms with Gasteiger partial charge >= 0.3 is 5.97 Å². The fraction of sp³-hybridized carbons (Fsp3) is 0.357. The largest absolute Gasteiger partial charge is 0.477 e. The molecule has 2 aliphatic rings. The Bertz CT molecular complexity index is 659. The highest BCUT2D eigenvalue weighted by molar-refractivity contribution is 8.00. The predicted octanol–water partition coefficient (Wildman–Crippen LogP) is -0.952. The van der Waals surface area contributed by atoms with E-state index in [9.17, 15) is 14.7 Å². The molecule has 1 amide bonds. The standard InChI is InChI=1S/C14H15N3O4S/c15-10-12(19)17-11(14(20)21)9(7-22-13(10)17)5-16-3-1-8(6-18)2-4-16/h1-4,10,13,18H,5-7,15H2/p+1. The summed E-state index contributed by atoms with van der Waals surface area (Å²) in [6, 6.07) is 2.92. The number of aliphatic hydroxyl groups excluding tert-OH is 1. The van der Waals surface area contributed by atoms with Crippen molar-refractivity contribution in [1.29, 1.82) is 0 Å². The second kappa shape index (κ2) is 5.71. The molecule has 3 rings (SSSR count). The maximum atomic E-state index is 11.8. The molecule has 0 radical (unpaired) electrons. The molecule has 0 saturated carbocycles. The first-order chi connectivity index (χ1) is 10.5. The van der Waals surface area contributed by atoms with Crippen LogP contribution >= 0.6 is 11.8 Å². The third-order valence-electron chi connectivity index (χ3n) is 3.81. The molecule has 4 N–H and O–H groups in total. The number of pyridine rings is 1. The summed E-state index contributed by atoms with van der Waals surface area (Å²) >= 11 is 1.49. The number of nitrogens with zero attached hydrogens (tertiary/aromatic N) is 2. The van der Waals surface area contributed by atoms with Crippen LogP contribution in [0.1, 0.15) is 5.56 Å². The Morgan fingerprint density at radius 1 is 1.45 bits per heavy atom. The summed E-state index contributed by atoms with van der Waals surface area (Å²) in [5.41, 5.74) is 7.22. The van der Waals surface area contributed by atoms with E-state index in [1.165, 1.54) is 16.7 Å². The van der Waals surface area contributed by atoms with Crippen LogP contribution in [0.5, 0.6) is 0 Å². The number of amides is 1. The van der Waals surface area contributed by atoms with Crippen LogP contribution < -0.4 is 10.3 Å². The number of fused-ring (bicyclic) bond motifs is 1. The van der Waals surface area contributed by atoms with E-state index in [0.29, 0.717) is 17.9 Å². The van der Waals surface area contributed by atoms with E-state index in [4.69, 9.17) is 10.8 Å². The summed E-state index contributed by atoms with van der Waals surface area (Å²) < 4.78 is 1.82. The Balaban J connectivity index is 1.89. The van der Waals surface area contributed by atoms with Gasteiger partial charge < -0.3 is 15.9 Å². The molecule has 116 valence electrons. The lowest BCUT2D eigenvalue weighted by Gasteiger charge is -2.47. The number of hydrogen-bond donors (Lipinski definition) is 3. The number of β-lactam (4-membered cyclic amide) rings is 1. The van der Waals surface area contributed by atoms with Gasteiger partial charge in [0, 0.05) is 23.5 Å². The van der Waals surface area contributed by atoms with Crippen molar-refractivity contribution in [3.05, 3.63) is 41.4 Å². The SMILES string of the molecule is NC1C(=O)N2C(C(=O)O)=C(C[n+]3ccc(CO)cc3)CSC12. The first-order valence-corrected chi connectivity index (χ1v) is 7.82. The van der Waals surface area contributed by atoms with Gasteiger partial charge in [-0.05, 0) is 5.56 Å². The Morgan fingerprint density at radius 3 is 2.73 bits per heavy atom. The minimum atomic E-state index is -1.10. The average molecular weight is 322 g/mol. The van der Waals surface area contributed by atoms with Gasteiger partial charge in [0.2, 0.25) is 5.91 Å². The molecule has 2 unspecified atom stereocenters. The molecule has 0 aliphatic carbocycles. The van der Waals surface area contributed by atoms with E-state index in [-0.39, 0.29) is 23.6 Å². The summed E-state index contributed by atoms with van der Waals surface area (Å²) in [5.74, 6) is -0.917. The Labute approximate surface area is 131 Å². The fourth-order valence-corrected chi connectivity index (χ4v) is 3.90. The van der Waals surface area contributed by atoms with Crippen LogP contribution in [-0.2, 0) is 22.7 Å². The molecule has 1 saturated heterocycles. The predicted molar refractivity (Wildman–Crippen MR) is 78.3 cm³/mol. The number of rotatable bonds is 4. The molecule has 8 heteroatoms. The first-order valence-electron chi connectivity index (χ1n) is 6.77. The van der Waals surface area contributed by atoms with Crippen molar-refractivity contribution in [3.63, 3.8) is 0 Å². The third-order valence-corrected chi connectivity index (χ3v) is 5.17. The summed E-state index contributed by atoms with van der Waals surface area (Å²) in [6.45, 7) is 0.341. The number of nitrogens with two attached hydrogens (primary N) is 1. The van der Waals surface area contributed by atoms with Crippen LogP contribution in [0.4, 0.5) is 0 Å². The molecule has 1 aromatic rings. The number of thioether (sulfide) groups is 1. The number of aromatic nitrogens is 1. The number of carboxylic acid groups (broad SMARTS) is 1. The molecule has 0 spiro atoms. The second-order valence-corrected chi connectivity index (χ2v) is 6.33. The zero-order chi connectivity index (χ0) is 15.9. The summed E-state index contributed by atoms with van der Waals surface area (Å²) in [5, 5.41) is 18.2. The molecule has 2 aliphatic heterocycles. The molecule has 1 aromatic heterocycles. The minimum Gasteiger partial charge on any atom is -0.477 e. The quantitative estimate of drug-likeness (QED) is 0.487. The number of carbonyl (C=O) groups excluding carboxylic acids is 1. The smallest absolute Gasteiger partial charge is 0.352 e. The normalized spacial score (nSPS) is 24.1. The highest BCUT2D eigenvalue weighted by Crippen LogP contribution is 2.39. The van der Waals surface area contributed by atoms with E-state index in [1.807, 2.05) is 4.57 Å². The van der Waals surface area contributed by atoms with Crippen LogP contribution in [0.3, 0.4) is 0 Å². The molecule has 0 aromatic carbocycles. The van der Waals surface area contributed by atoms with Crippen molar-refractivity contribution < 1.29 is 24.4 Å². The molecule has 3 heterocycles. The number of aliphatic carboxylic acids is 1. The maximum absolute atomic E-state index is 11.8. The number of aliphatic hydroxyl groups is 1. The third kappa shape index (κ3) is 2.39. The second-order valence-electron chi connectivity index (χ2n) is 5.23. The monoisotopic (exact) mass is 322 g/mol. The van der Waals surface area contributed by atoms with Crippen LogP contribution in [-0.4, -0.2) is 44.2 Å².